The Morgan fingerprint density at radius 2 is 2.15 bits per heavy atom. The smallest absolute Gasteiger partial charge is 0.252 e. The minimum atomic E-state index is -0.447. The van der Waals surface area contributed by atoms with Crippen LogP contribution in [0, 0.1) is 11.3 Å². The Morgan fingerprint density at radius 3 is 2.97 bits per heavy atom. The highest BCUT2D eigenvalue weighted by Crippen LogP contribution is 2.30. The van der Waals surface area contributed by atoms with Crippen LogP contribution in [0.3, 0.4) is 0 Å². The van der Waals surface area contributed by atoms with Crippen LogP contribution in [0.2, 0.25) is 0 Å². The molecule has 5 rings (SSSR count). The van der Waals surface area contributed by atoms with Gasteiger partial charge < -0.3 is 15.0 Å². The molecule has 1 aromatic carbocycles. The Morgan fingerprint density at radius 1 is 1.24 bits per heavy atom. The van der Waals surface area contributed by atoms with E-state index >= 15 is 0 Å². The minimum absolute atomic E-state index is 0.0990. The first-order valence-electron chi connectivity index (χ1n) is 11.2. The number of carbonyl (C=O) groups excluding carboxylic acids is 2. The van der Waals surface area contributed by atoms with Crippen molar-refractivity contribution < 1.29 is 14.3 Å². The van der Waals surface area contributed by atoms with Crippen molar-refractivity contribution in [3.63, 3.8) is 0 Å². The van der Waals surface area contributed by atoms with Crippen molar-refractivity contribution in [1.82, 2.24) is 25.0 Å². The van der Waals surface area contributed by atoms with Crippen molar-refractivity contribution in [3.05, 3.63) is 48.3 Å². The number of fused-ring (bicyclic) bond motifs is 1. The highest BCUT2D eigenvalue weighted by Gasteiger charge is 2.29. The van der Waals surface area contributed by atoms with Gasteiger partial charge in [-0.1, -0.05) is 6.07 Å². The lowest BCUT2D eigenvalue weighted by Crippen LogP contribution is -2.42. The topological polar surface area (TPSA) is 113 Å². The van der Waals surface area contributed by atoms with E-state index in [1.807, 2.05) is 28.9 Å². The van der Waals surface area contributed by atoms with Gasteiger partial charge in [-0.3, -0.25) is 14.6 Å². The second kappa shape index (κ2) is 9.83. The largest absolute Gasteiger partial charge is 0.356 e. The maximum Gasteiger partial charge on any atom is 0.252 e. The van der Waals surface area contributed by atoms with Crippen LogP contribution in [0.5, 0.6) is 0 Å². The monoisotopic (exact) mass is 476 g/mol. The fraction of sp³-hybridized carbons (Fsp3) is 0.375. The fourth-order valence-electron chi connectivity index (χ4n) is 4.34. The number of hydrogen-bond donors (Lipinski definition) is 1. The molecule has 2 saturated heterocycles. The molecule has 2 fully saturated rings. The van der Waals surface area contributed by atoms with E-state index in [9.17, 15) is 14.9 Å². The van der Waals surface area contributed by atoms with Gasteiger partial charge in [0.2, 0.25) is 5.91 Å². The molecule has 0 aliphatic carbocycles. The van der Waals surface area contributed by atoms with Crippen LogP contribution < -0.4 is 5.32 Å². The molecular formula is C24H24N6O3S. The first-order valence-corrected chi connectivity index (χ1v) is 12.4. The number of rotatable bonds is 5. The third-order valence-corrected chi connectivity index (χ3v) is 7.14. The number of amides is 2. The lowest BCUT2D eigenvalue weighted by atomic mass is 10.0. The number of nitrogens with zero attached hydrogens (tertiary/aromatic N) is 5. The first kappa shape index (κ1) is 22.4. The molecule has 174 valence electrons. The lowest BCUT2D eigenvalue weighted by Gasteiger charge is -2.24. The van der Waals surface area contributed by atoms with Gasteiger partial charge in [0, 0.05) is 35.7 Å². The molecule has 2 aromatic heterocycles. The van der Waals surface area contributed by atoms with E-state index in [0.717, 1.165) is 37.1 Å². The number of ether oxygens (including phenoxy) is 1. The predicted molar refractivity (Wildman–Crippen MR) is 128 cm³/mol. The van der Waals surface area contributed by atoms with Gasteiger partial charge in [-0.25, -0.2) is 4.68 Å². The number of benzene rings is 1. The summed E-state index contributed by atoms with van der Waals surface area (Å²) in [6, 6.07) is 11.0. The molecule has 34 heavy (non-hydrogen) atoms. The van der Waals surface area contributed by atoms with Gasteiger partial charge in [0.05, 0.1) is 35.3 Å². The predicted octanol–water partition coefficient (Wildman–Crippen LogP) is 2.95. The van der Waals surface area contributed by atoms with Crippen molar-refractivity contribution in [2.24, 2.45) is 0 Å². The third kappa shape index (κ3) is 4.36. The van der Waals surface area contributed by atoms with Gasteiger partial charge in [-0.2, -0.15) is 10.4 Å². The Hall–Kier alpha value is -3.42. The number of nitrogens with one attached hydrogen (secondary N) is 1. The average Bonchev–Trinajstić information content (AvgIpc) is 3.57. The van der Waals surface area contributed by atoms with Crippen LogP contribution in [-0.4, -0.2) is 62.3 Å². The van der Waals surface area contributed by atoms with E-state index in [2.05, 4.69) is 21.5 Å². The summed E-state index contributed by atoms with van der Waals surface area (Å²) < 4.78 is 7.81. The summed E-state index contributed by atoms with van der Waals surface area (Å²) >= 11 is 1.53. The number of pyridine rings is 1. The van der Waals surface area contributed by atoms with Gasteiger partial charge in [0.15, 0.2) is 6.23 Å². The van der Waals surface area contributed by atoms with Crippen molar-refractivity contribution in [2.45, 2.75) is 31.5 Å². The van der Waals surface area contributed by atoms with E-state index in [1.54, 1.807) is 18.5 Å². The molecule has 2 aliphatic rings. The lowest BCUT2D eigenvalue weighted by molar-refractivity contribution is -0.129. The summed E-state index contributed by atoms with van der Waals surface area (Å²) in [4.78, 5) is 31.4. The highest BCUT2D eigenvalue weighted by atomic mass is 32.2. The van der Waals surface area contributed by atoms with E-state index in [4.69, 9.17) is 4.74 Å². The minimum Gasteiger partial charge on any atom is -0.356 e. The molecule has 0 spiro atoms. The molecule has 3 aromatic rings. The van der Waals surface area contributed by atoms with Crippen LogP contribution in [-0.2, 0) is 9.53 Å². The van der Waals surface area contributed by atoms with Crippen molar-refractivity contribution >= 4 is 34.5 Å². The van der Waals surface area contributed by atoms with Gasteiger partial charge in [0.25, 0.3) is 5.91 Å². The molecular weight excluding hydrogens is 452 g/mol. The molecule has 10 heteroatoms. The number of nitriles is 1. The molecule has 1 N–H and O–H groups in total. The molecule has 2 atom stereocenters. The summed E-state index contributed by atoms with van der Waals surface area (Å²) in [6.07, 6.45) is 6.31. The quantitative estimate of drug-likeness (QED) is 0.602. The molecule has 0 bridgehead atoms. The Bertz CT molecular complexity index is 1260. The van der Waals surface area contributed by atoms with E-state index in [0.29, 0.717) is 28.1 Å². The van der Waals surface area contributed by atoms with E-state index in [1.165, 1.54) is 16.7 Å². The number of thioether (sulfide) groups is 1. The van der Waals surface area contributed by atoms with Crippen molar-refractivity contribution in [2.75, 3.05) is 24.8 Å². The van der Waals surface area contributed by atoms with Gasteiger partial charge in [0.1, 0.15) is 6.04 Å². The maximum atomic E-state index is 13.0. The summed E-state index contributed by atoms with van der Waals surface area (Å²) in [5.74, 6) is 0.436. The number of aromatic nitrogens is 3. The fourth-order valence-corrected chi connectivity index (χ4v) is 5.44. The third-order valence-electron chi connectivity index (χ3n) is 6.13. The molecule has 2 unspecified atom stereocenters. The van der Waals surface area contributed by atoms with Crippen LogP contribution in [0.15, 0.2) is 42.7 Å². The van der Waals surface area contributed by atoms with Crippen LogP contribution in [0.4, 0.5) is 0 Å². The van der Waals surface area contributed by atoms with Crippen molar-refractivity contribution in [3.8, 4) is 17.3 Å². The number of carbonyl (C=O) groups is 2. The Balaban J connectivity index is 1.38. The second-order valence-corrected chi connectivity index (χ2v) is 9.26. The molecule has 9 nitrogen and oxygen atoms in total. The Labute approximate surface area is 201 Å². The summed E-state index contributed by atoms with van der Waals surface area (Å²) in [5.41, 5.74) is 2.94. The Kier molecular flexibility index (Phi) is 6.47. The SMILES string of the molecule is N#CC1CSCN1C(=O)CNC(=O)c1ccnc2ccc(-c3ccnn3C3CCCCO3)cc12. The van der Waals surface area contributed by atoms with Crippen molar-refractivity contribution in [1.29, 1.82) is 5.26 Å². The molecule has 4 heterocycles. The average molecular weight is 477 g/mol. The normalized spacial score (nSPS) is 20.3. The van der Waals surface area contributed by atoms with Gasteiger partial charge in [-0.05, 0) is 43.5 Å². The first-order chi connectivity index (χ1) is 16.7. The van der Waals surface area contributed by atoms with Crippen LogP contribution >= 0.6 is 11.8 Å². The van der Waals surface area contributed by atoms with Gasteiger partial charge in [-0.15, -0.1) is 11.8 Å². The van der Waals surface area contributed by atoms with Gasteiger partial charge >= 0.3 is 0 Å². The number of hydrogen-bond acceptors (Lipinski definition) is 7. The van der Waals surface area contributed by atoms with Crippen LogP contribution in [0.1, 0.15) is 35.8 Å². The zero-order valence-corrected chi connectivity index (χ0v) is 19.3. The van der Waals surface area contributed by atoms with Crippen LogP contribution in [0.25, 0.3) is 22.2 Å². The zero-order valence-electron chi connectivity index (χ0n) is 18.5. The molecule has 0 radical (unpaired) electrons. The summed E-state index contributed by atoms with van der Waals surface area (Å²) in [6.45, 7) is 0.562. The highest BCUT2D eigenvalue weighted by molar-refractivity contribution is 7.99. The van der Waals surface area contributed by atoms with E-state index < -0.39 is 6.04 Å². The molecule has 2 amide bonds. The maximum absolute atomic E-state index is 13.0. The second-order valence-electron chi connectivity index (χ2n) is 8.26. The van der Waals surface area contributed by atoms with E-state index in [-0.39, 0.29) is 24.6 Å². The zero-order chi connectivity index (χ0) is 23.5. The molecule has 0 saturated carbocycles. The summed E-state index contributed by atoms with van der Waals surface area (Å²) in [5, 5.41) is 17.1. The summed E-state index contributed by atoms with van der Waals surface area (Å²) in [7, 11) is 0. The molecule has 2 aliphatic heterocycles. The standard InChI is InChI=1S/C24H24N6O3S/c25-12-17-14-34-15-29(17)22(31)13-27-24(32)18-6-8-26-20-5-4-16(11-19(18)20)21-7-9-28-30(21)23-3-1-2-10-33-23/h4-9,11,17,23H,1-3,10,13-15H2,(H,27,32).